The lowest BCUT2D eigenvalue weighted by atomic mass is 9.99. The Labute approximate surface area is 107 Å². The van der Waals surface area contributed by atoms with Gasteiger partial charge in [0.2, 0.25) is 0 Å². The number of hydrogen-bond acceptors (Lipinski definition) is 4. The second-order valence-electron chi connectivity index (χ2n) is 4.65. The topological polar surface area (TPSA) is 79.5 Å². The van der Waals surface area contributed by atoms with Gasteiger partial charge in [-0.25, -0.2) is 9.78 Å². The quantitative estimate of drug-likeness (QED) is 0.857. The summed E-state index contributed by atoms with van der Waals surface area (Å²) in [7, 11) is 0. The highest BCUT2D eigenvalue weighted by Crippen LogP contribution is 2.30. The van der Waals surface area contributed by atoms with Crippen molar-refractivity contribution in [2.75, 3.05) is 17.2 Å². The number of pyridine rings is 1. The zero-order valence-corrected chi connectivity index (χ0v) is 10.6. The van der Waals surface area contributed by atoms with Gasteiger partial charge in [0.15, 0.2) is 5.82 Å². The molecule has 0 aliphatic carbocycles. The zero-order valence-electron chi connectivity index (χ0n) is 10.6. The molecule has 5 nitrogen and oxygen atoms in total. The molecule has 1 aromatic heterocycles. The van der Waals surface area contributed by atoms with Gasteiger partial charge in [-0.3, -0.25) is 0 Å². The number of rotatable bonds is 3. The summed E-state index contributed by atoms with van der Waals surface area (Å²) >= 11 is 0. The average molecular weight is 249 g/mol. The van der Waals surface area contributed by atoms with Crippen LogP contribution in [0.25, 0.3) is 0 Å². The van der Waals surface area contributed by atoms with Gasteiger partial charge in [-0.1, -0.05) is 6.92 Å². The van der Waals surface area contributed by atoms with Crippen LogP contribution in [0.2, 0.25) is 0 Å². The Bertz CT molecular complexity index is 448. The highest BCUT2D eigenvalue weighted by Gasteiger charge is 2.25. The lowest BCUT2D eigenvalue weighted by Crippen LogP contribution is -2.40. The van der Waals surface area contributed by atoms with Gasteiger partial charge in [0.1, 0.15) is 0 Å². The maximum atomic E-state index is 11.1. The molecule has 1 aliphatic rings. The van der Waals surface area contributed by atoms with E-state index in [2.05, 4.69) is 16.8 Å². The van der Waals surface area contributed by atoms with Gasteiger partial charge in [0.05, 0.1) is 11.3 Å². The number of nitrogens with two attached hydrogens (primary N) is 1. The summed E-state index contributed by atoms with van der Waals surface area (Å²) in [5.74, 6) is -0.373. The Hall–Kier alpha value is -1.78. The van der Waals surface area contributed by atoms with Crippen LogP contribution in [0.4, 0.5) is 11.5 Å². The molecule has 0 amide bonds. The molecule has 0 spiro atoms. The number of carbonyl (C=O) groups is 1. The molecular formula is C13H19N3O2. The van der Waals surface area contributed by atoms with Crippen LogP contribution >= 0.6 is 0 Å². The van der Waals surface area contributed by atoms with E-state index in [1.54, 1.807) is 0 Å². The number of nitrogens with zero attached hydrogens (tertiary/aromatic N) is 2. The fourth-order valence-corrected chi connectivity index (χ4v) is 2.58. The molecule has 0 saturated carbocycles. The van der Waals surface area contributed by atoms with E-state index in [0.717, 1.165) is 25.8 Å². The molecule has 0 bridgehead atoms. The Balaban J connectivity index is 2.37. The predicted octanol–water partition coefficient (Wildman–Crippen LogP) is 2.13. The number of anilines is 2. The summed E-state index contributed by atoms with van der Waals surface area (Å²) in [5.41, 5.74) is 6.37. The van der Waals surface area contributed by atoms with Crippen LogP contribution in [0.5, 0.6) is 0 Å². The minimum absolute atomic E-state index is 0.139. The number of nitrogen functional groups attached to an aromatic ring is 1. The maximum Gasteiger partial charge on any atom is 0.337 e. The molecule has 1 aromatic rings. The molecule has 1 fully saturated rings. The summed E-state index contributed by atoms with van der Waals surface area (Å²) < 4.78 is 0. The predicted molar refractivity (Wildman–Crippen MR) is 70.9 cm³/mol. The fourth-order valence-electron chi connectivity index (χ4n) is 2.58. The first-order valence-electron chi connectivity index (χ1n) is 6.39. The molecule has 1 saturated heterocycles. The van der Waals surface area contributed by atoms with E-state index in [4.69, 9.17) is 10.8 Å². The monoisotopic (exact) mass is 249 g/mol. The van der Waals surface area contributed by atoms with Gasteiger partial charge in [0.25, 0.3) is 0 Å². The Morgan fingerprint density at radius 3 is 3.06 bits per heavy atom. The summed E-state index contributed by atoms with van der Waals surface area (Å²) in [4.78, 5) is 17.5. The first kappa shape index (κ1) is 12.7. The zero-order chi connectivity index (χ0) is 13.1. The minimum atomic E-state index is -0.999. The third-order valence-electron chi connectivity index (χ3n) is 3.57. The van der Waals surface area contributed by atoms with E-state index >= 15 is 0 Å². The lowest BCUT2D eigenvalue weighted by molar-refractivity contribution is 0.0698. The van der Waals surface area contributed by atoms with Crippen molar-refractivity contribution in [1.82, 2.24) is 4.98 Å². The van der Waals surface area contributed by atoms with Crippen molar-refractivity contribution in [1.29, 1.82) is 0 Å². The summed E-state index contributed by atoms with van der Waals surface area (Å²) in [5, 5.41) is 9.09. The Kier molecular flexibility index (Phi) is 3.69. The largest absolute Gasteiger partial charge is 0.478 e. The van der Waals surface area contributed by atoms with Crippen LogP contribution in [0.1, 0.15) is 43.0 Å². The molecule has 1 atom stereocenters. The van der Waals surface area contributed by atoms with E-state index in [-0.39, 0.29) is 11.3 Å². The smallest absolute Gasteiger partial charge is 0.337 e. The van der Waals surface area contributed by atoms with Crippen molar-refractivity contribution in [2.24, 2.45) is 0 Å². The van der Waals surface area contributed by atoms with E-state index in [1.165, 1.54) is 18.7 Å². The number of carboxylic acids is 1. The second-order valence-corrected chi connectivity index (χ2v) is 4.65. The van der Waals surface area contributed by atoms with Gasteiger partial charge >= 0.3 is 5.97 Å². The SMILES string of the molecule is CCC1CCCCN1c1nccc(C(=O)O)c1N. The van der Waals surface area contributed by atoms with Gasteiger partial charge in [0, 0.05) is 18.8 Å². The van der Waals surface area contributed by atoms with Gasteiger partial charge in [-0.05, 0) is 31.7 Å². The van der Waals surface area contributed by atoms with Crippen molar-refractivity contribution in [3.8, 4) is 0 Å². The first-order valence-corrected chi connectivity index (χ1v) is 6.39. The van der Waals surface area contributed by atoms with E-state index in [0.29, 0.717) is 11.9 Å². The van der Waals surface area contributed by atoms with Crippen LogP contribution in [0.3, 0.4) is 0 Å². The van der Waals surface area contributed by atoms with Crippen molar-refractivity contribution < 1.29 is 9.90 Å². The van der Waals surface area contributed by atoms with E-state index in [9.17, 15) is 4.79 Å². The maximum absolute atomic E-state index is 11.1. The molecule has 3 N–H and O–H groups in total. The third kappa shape index (κ3) is 2.25. The molecule has 1 aliphatic heterocycles. The summed E-state index contributed by atoms with van der Waals surface area (Å²) in [6.07, 6.45) is 5.99. The van der Waals surface area contributed by atoms with Crippen LogP contribution in [0.15, 0.2) is 12.3 Å². The molecule has 1 unspecified atom stereocenters. The molecule has 0 radical (unpaired) electrons. The highest BCUT2D eigenvalue weighted by molar-refractivity contribution is 5.96. The first-order chi connectivity index (χ1) is 8.65. The second kappa shape index (κ2) is 5.25. The van der Waals surface area contributed by atoms with Crippen molar-refractivity contribution in [3.63, 3.8) is 0 Å². The average Bonchev–Trinajstić information content (AvgIpc) is 2.38. The molecule has 2 heterocycles. The fraction of sp³-hybridized carbons (Fsp3) is 0.538. The molecular weight excluding hydrogens is 230 g/mol. The highest BCUT2D eigenvalue weighted by atomic mass is 16.4. The van der Waals surface area contributed by atoms with Crippen LogP contribution in [0, 0.1) is 0 Å². The standard InChI is InChI=1S/C13H19N3O2/c1-2-9-5-3-4-8-16(9)12-11(14)10(13(17)18)6-7-15-12/h6-7,9H,2-5,8,14H2,1H3,(H,17,18). The number of aromatic nitrogens is 1. The molecule has 18 heavy (non-hydrogen) atoms. The van der Waals surface area contributed by atoms with Crippen LogP contribution in [-0.2, 0) is 0 Å². The molecule has 0 aromatic carbocycles. The third-order valence-corrected chi connectivity index (χ3v) is 3.57. The minimum Gasteiger partial charge on any atom is -0.478 e. The summed E-state index contributed by atoms with van der Waals surface area (Å²) in [6, 6.07) is 1.86. The number of hydrogen-bond donors (Lipinski definition) is 2. The number of carboxylic acid groups (broad SMARTS) is 1. The Morgan fingerprint density at radius 2 is 2.39 bits per heavy atom. The van der Waals surface area contributed by atoms with Gasteiger partial charge in [-0.2, -0.15) is 0 Å². The van der Waals surface area contributed by atoms with E-state index < -0.39 is 5.97 Å². The number of piperidine rings is 1. The van der Waals surface area contributed by atoms with Crippen LogP contribution < -0.4 is 10.6 Å². The van der Waals surface area contributed by atoms with Crippen molar-refractivity contribution in [2.45, 2.75) is 38.6 Å². The normalized spacial score (nSPS) is 19.8. The van der Waals surface area contributed by atoms with Crippen LogP contribution in [-0.4, -0.2) is 28.6 Å². The molecule has 2 rings (SSSR count). The van der Waals surface area contributed by atoms with Gasteiger partial charge in [-0.15, -0.1) is 0 Å². The van der Waals surface area contributed by atoms with Crippen molar-refractivity contribution in [3.05, 3.63) is 17.8 Å². The number of aromatic carboxylic acids is 1. The lowest BCUT2D eigenvalue weighted by Gasteiger charge is -2.36. The molecule has 98 valence electrons. The Morgan fingerprint density at radius 1 is 1.61 bits per heavy atom. The van der Waals surface area contributed by atoms with E-state index in [1.807, 2.05) is 0 Å². The molecule has 5 heteroatoms. The summed E-state index contributed by atoms with van der Waals surface area (Å²) in [6.45, 7) is 3.04. The van der Waals surface area contributed by atoms with Gasteiger partial charge < -0.3 is 15.7 Å². The van der Waals surface area contributed by atoms with Crippen molar-refractivity contribution >= 4 is 17.5 Å².